The average Bonchev–Trinajstić information content (AvgIpc) is 2.29. The summed E-state index contributed by atoms with van der Waals surface area (Å²) in [7, 11) is 0. The van der Waals surface area contributed by atoms with Crippen molar-refractivity contribution in [2.24, 2.45) is 0 Å². The largest absolute Gasteiger partial charge is 0.355 e. The van der Waals surface area contributed by atoms with E-state index in [1.54, 1.807) is 0 Å². The van der Waals surface area contributed by atoms with Gasteiger partial charge in [-0.25, -0.2) is 0 Å². The van der Waals surface area contributed by atoms with Crippen LogP contribution in [0.3, 0.4) is 0 Å². The lowest BCUT2D eigenvalue weighted by molar-refractivity contribution is -0.124. The van der Waals surface area contributed by atoms with Crippen molar-refractivity contribution < 1.29 is 4.79 Å². The summed E-state index contributed by atoms with van der Waals surface area (Å²) in [6, 6.07) is 10.1. The molecule has 1 aliphatic heterocycles. The Morgan fingerprint density at radius 1 is 1.33 bits per heavy atom. The van der Waals surface area contributed by atoms with Crippen molar-refractivity contribution in [3.63, 3.8) is 0 Å². The van der Waals surface area contributed by atoms with Crippen molar-refractivity contribution in [3.8, 4) is 0 Å². The van der Waals surface area contributed by atoms with Gasteiger partial charge in [0.1, 0.15) is 0 Å². The van der Waals surface area contributed by atoms with E-state index in [4.69, 9.17) is 0 Å². The summed E-state index contributed by atoms with van der Waals surface area (Å²) >= 11 is 0. The highest BCUT2D eigenvalue weighted by molar-refractivity contribution is 5.82. The molecule has 1 unspecified atom stereocenters. The van der Waals surface area contributed by atoms with Gasteiger partial charge in [-0.3, -0.25) is 4.79 Å². The number of hydrogen-bond donors (Lipinski definition) is 2. The Labute approximate surface area is 89.9 Å². The van der Waals surface area contributed by atoms with Crippen LogP contribution in [0.5, 0.6) is 0 Å². The third-order valence-corrected chi connectivity index (χ3v) is 2.68. The second-order valence-corrected chi connectivity index (χ2v) is 3.85. The highest BCUT2D eigenvalue weighted by Crippen LogP contribution is 2.05. The monoisotopic (exact) mass is 204 g/mol. The third kappa shape index (κ3) is 2.80. The van der Waals surface area contributed by atoms with Crippen LogP contribution in [0, 0.1) is 0 Å². The fraction of sp³-hybridized carbons (Fsp3) is 0.417. The lowest BCUT2D eigenvalue weighted by Crippen LogP contribution is -2.47. The molecule has 2 rings (SSSR count). The van der Waals surface area contributed by atoms with Crippen LogP contribution >= 0.6 is 0 Å². The summed E-state index contributed by atoms with van der Waals surface area (Å²) in [5.41, 5.74) is 1.22. The van der Waals surface area contributed by atoms with Crippen molar-refractivity contribution in [2.75, 3.05) is 6.54 Å². The molecular weight excluding hydrogens is 188 g/mol. The maximum absolute atomic E-state index is 11.4. The van der Waals surface area contributed by atoms with Crippen molar-refractivity contribution in [2.45, 2.75) is 25.4 Å². The van der Waals surface area contributed by atoms with E-state index in [2.05, 4.69) is 22.8 Å². The first-order valence-electron chi connectivity index (χ1n) is 5.41. The Bertz CT molecular complexity index is 324. The number of hydrogen-bond acceptors (Lipinski definition) is 2. The minimum absolute atomic E-state index is 0.0149. The molecule has 1 heterocycles. The molecule has 1 aromatic rings. The molecule has 1 aliphatic rings. The molecular formula is C12H16N2O. The number of carbonyl (C=O) groups excluding carboxylic acids is 1. The van der Waals surface area contributed by atoms with Crippen LogP contribution in [0.2, 0.25) is 0 Å². The first-order chi connectivity index (χ1) is 7.36. The minimum Gasteiger partial charge on any atom is -0.355 e. The first-order valence-corrected chi connectivity index (χ1v) is 5.41. The van der Waals surface area contributed by atoms with Gasteiger partial charge in [-0.2, -0.15) is 0 Å². The minimum atomic E-state index is -0.0149. The molecule has 2 N–H and O–H groups in total. The molecule has 0 bridgehead atoms. The standard InChI is InChI=1S/C12H16N2O/c15-12-11(7-4-8-13-12)14-9-10-5-2-1-3-6-10/h1-3,5-6,11,14H,4,7-9H2,(H,13,15). The van der Waals surface area contributed by atoms with Crippen molar-refractivity contribution in [1.82, 2.24) is 10.6 Å². The zero-order chi connectivity index (χ0) is 10.5. The first kappa shape index (κ1) is 10.2. The Morgan fingerprint density at radius 3 is 2.87 bits per heavy atom. The van der Waals surface area contributed by atoms with Crippen molar-refractivity contribution >= 4 is 5.91 Å². The van der Waals surface area contributed by atoms with Crippen molar-refractivity contribution in [3.05, 3.63) is 35.9 Å². The Morgan fingerprint density at radius 2 is 2.13 bits per heavy atom. The van der Waals surface area contributed by atoms with Crippen LogP contribution in [-0.2, 0) is 11.3 Å². The van der Waals surface area contributed by atoms with Gasteiger partial charge in [0.25, 0.3) is 0 Å². The molecule has 0 spiro atoms. The maximum atomic E-state index is 11.4. The molecule has 1 fully saturated rings. The molecule has 1 amide bonds. The summed E-state index contributed by atoms with van der Waals surface area (Å²) in [5.74, 6) is 0.136. The summed E-state index contributed by atoms with van der Waals surface area (Å²) in [6.07, 6.45) is 2.01. The normalized spacial score (nSPS) is 21.1. The van der Waals surface area contributed by atoms with Gasteiger partial charge in [-0.05, 0) is 18.4 Å². The molecule has 1 atom stereocenters. The topological polar surface area (TPSA) is 41.1 Å². The molecule has 15 heavy (non-hydrogen) atoms. The van der Waals surface area contributed by atoms with Crippen LogP contribution in [0.4, 0.5) is 0 Å². The van der Waals surface area contributed by atoms with Gasteiger partial charge in [0.15, 0.2) is 0 Å². The average molecular weight is 204 g/mol. The van der Waals surface area contributed by atoms with E-state index < -0.39 is 0 Å². The van der Waals surface area contributed by atoms with E-state index in [0.29, 0.717) is 0 Å². The molecule has 0 aromatic heterocycles. The highest BCUT2D eigenvalue weighted by Gasteiger charge is 2.20. The van der Waals surface area contributed by atoms with E-state index in [1.165, 1.54) is 5.56 Å². The van der Waals surface area contributed by atoms with Crippen molar-refractivity contribution in [1.29, 1.82) is 0 Å². The number of benzene rings is 1. The molecule has 1 aromatic carbocycles. The summed E-state index contributed by atoms with van der Waals surface area (Å²) in [6.45, 7) is 1.58. The van der Waals surface area contributed by atoms with E-state index in [-0.39, 0.29) is 11.9 Å². The smallest absolute Gasteiger partial charge is 0.237 e. The van der Waals surface area contributed by atoms with Gasteiger partial charge < -0.3 is 10.6 Å². The Balaban J connectivity index is 1.85. The van der Waals surface area contributed by atoms with Crippen LogP contribution in [0.1, 0.15) is 18.4 Å². The zero-order valence-electron chi connectivity index (χ0n) is 8.70. The Kier molecular flexibility index (Phi) is 3.35. The summed E-state index contributed by atoms with van der Waals surface area (Å²) < 4.78 is 0. The van der Waals surface area contributed by atoms with Gasteiger partial charge in [0.05, 0.1) is 6.04 Å². The van der Waals surface area contributed by atoms with Gasteiger partial charge in [-0.1, -0.05) is 30.3 Å². The van der Waals surface area contributed by atoms with E-state index in [1.807, 2.05) is 18.2 Å². The number of amides is 1. The van der Waals surface area contributed by atoms with Crippen LogP contribution < -0.4 is 10.6 Å². The fourth-order valence-electron chi connectivity index (χ4n) is 1.80. The molecule has 0 radical (unpaired) electrons. The van der Waals surface area contributed by atoms with Gasteiger partial charge in [-0.15, -0.1) is 0 Å². The zero-order valence-corrected chi connectivity index (χ0v) is 8.70. The summed E-state index contributed by atoms with van der Waals surface area (Å²) in [4.78, 5) is 11.4. The molecule has 1 saturated heterocycles. The predicted octanol–water partition coefficient (Wildman–Crippen LogP) is 1.05. The van der Waals surface area contributed by atoms with Crippen LogP contribution in [0.15, 0.2) is 30.3 Å². The fourth-order valence-corrected chi connectivity index (χ4v) is 1.80. The molecule has 80 valence electrons. The molecule has 0 saturated carbocycles. The lowest BCUT2D eigenvalue weighted by atomic mass is 10.1. The van der Waals surface area contributed by atoms with Gasteiger partial charge in [0, 0.05) is 13.1 Å². The Hall–Kier alpha value is -1.35. The van der Waals surface area contributed by atoms with Crippen LogP contribution in [0.25, 0.3) is 0 Å². The maximum Gasteiger partial charge on any atom is 0.237 e. The second-order valence-electron chi connectivity index (χ2n) is 3.85. The van der Waals surface area contributed by atoms with E-state index in [0.717, 1.165) is 25.9 Å². The van der Waals surface area contributed by atoms with Gasteiger partial charge in [0.2, 0.25) is 5.91 Å². The quantitative estimate of drug-likeness (QED) is 0.773. The molecule has 3 nitrogen and oxygen atoms in total. The molecule has 0 aliphatic carbocycles. The highest BCUT2D eigenvalue weighted by atomic mass is 16.2. The number of rotatable bonds is 3. The molecule has 3 heteroatoms. The third-order valence-electron chi connectivity index (χ3n) is 2.68. The van der Waals surface area contributed by atoms with E-state index >= 15 is 0 Å². The van der Waals surface area contributed by atoms with Gasteiger partial charge >= 0.3 is 0 Å². The second kappa shape index (κ2) is 4.94. The lowest BCUT2D eigenvalue weighted by Gasteiger charge is -2.22. The number of carbonyl (C=O) groups is 1. The van der Waals surface area contributed by atoms with E-state index in [9.17, 15) is 4.79 Å². The summed E-state index contributed by atoms with van der Waals surface area (Å²) in [5, 5.41) is 6.14. The number of nitrogens with one attached hydrogen (secondary N) is 2. The predicted molar refractivity (Wildman–Crippen MR) is 59.3 cm³/mol. The SMILES string of the molecule is O=C1NCCCC1NCc1ccccc1. The van der Waals surface area contributed by atoms with Crippen LogP contribution in [-0.4, -0.2) is 18.5 Å². The number of piperidine rings is 1.